The van der Waals surface area contributed by atoms with Crippen molar-refractivity contribution in [1.29, 1.82) is 0 Å². The van der Waals surface area contributed by atoms with Crippen molar-refractivity contribution >= 4 is 17.7 Å². The maximum atomic E-state index is 13.8. The number of fused-ring (bicyclic) bond motifs is 1. The standard InChI is InChI=1S/C17H23FN6O4/c1-4-23(6-5-13(25)26)22(3)12(9-11(2)18)24-7-8-28-16-14(17(24)27)15(19)20-10-21-16/h4,10,12H,1-2,5-9H2,3H3,(H,25,26)(H2,19,20,21). The number of carbonyl (C=O) groups excluding carboxylic acids is 1. The van der Waals surface area contributed by atoms with E-state index in [0.29, 0.717) is 0 Å². The smallest absolute Gasteiger partial charge is 0.305 e. The van der Waals surface area contributed by atoms with E-state index in [4.69, 9.17) is 15.6 Å². The number of halogens is 1. The van der Waals surface area contributed by atoms with E-state index in [0.717, 1.165) is 0 Å². The average molecular weight is 394 g/mol. The third-order valence-electron chi connectivity index (χ3n) is 4.25. The number of carboxylic acid groups (broad SMARTS) is 1. The predicted molar refractivity (Wildman–Crippen MR) is 98.5 cm³/mol. The molecule has 1 aromatic rings. The van der Waals surface area contributed by atoms with Crippen LogP contribution in [-0.4, -0.2) is 74.8 Å². The van der Waals surface area contributed by atoms with Gasteiger partial charge in [-0.2, -0.15) is 0 Å². The summed E-state index contributed by atoms with van der Waals surface area (Å²) in [5.41, 5.74) is 5.83. The molecule has 0 fully saturated rings. The molecule has 3 N–H and O–H groups in total. The Morgan fingerprint density at radius 1 is 1.57 bits per heavy atom. The summed E-state index contributed by atoms with van der Waals surface area (Å²) in [7, 11) is 1.60. The molecule has 2 heterocycles. The number of aliphatic carboxylic acids is 1. The molecule has 10 nitrogen and oxygen atoms in total. The van der Waals surface area contributed by atoms with Gasteiger partial charge < -0.3 is 25.5 Å². The normalized spacial score (nSPS) is 14.7. The first-order valence-electron chi connectivity index (χ1n) is 8.47. The molecule has 0 saturated carbocycles. The number of nitrogens with zero attached hydrogens (tertiary/aromatic N) is 5. The lowest BCUT2D eigenvalue weighted by molar-refractivity contribution is -0.138. The highest BCUT2D eigenvalue weighted by Crippen LogP contribution is 2.27. The molecule has 0 radical (unpaired) electrons. The van der Waals surface area contributed by atoms with Crippen molar-refractivity contribution in [2.45, 2.75) is 19.0 Å². The number of anilines is 1. The summed E-state index contributed by atoms with van der Waals surface area (Å²) < 4.78 is 19.3. The van der Waals surface area contributed by atoms with Crippen LogP contribution in [0.5, 0.6) is 5.88 Å². The summed E-state index contributed by atoms with van der Waals surface area (Å²) in [6.45, 7) is 7.28. The summed E-state index contributed by atoms with van der Waals surface area (Å²) in [5.74, 6) is -2.15. The zero-order chi connectivity index (χ0) is 20.8. The van der Waals surface area contributed by atoms with E-state index >= 15 is 0 Å². The van der Waals surface area contributed by atoms with E-state index in [1.807, 2.05) is 0 Å². The fourth-order valence-electron chi connectivity index (χ4n) is 2.86. The average Bonchev–Trinajstić information content (AvgIpc) is 2.79. The van der Waals surface area contributed by atoms with Gasteiger partial charge >= 0.3 is 5.97 Å². The van der Waals surface area contributed by atoms with Crippen LogP contribution < -0.4 is 10.5 Å². The van der Waals surface area contributed by atoms with Crippen LogP contribution in [0.4, 0.5) is 10.2 Å². The van der Waals surface area contributed by atoms with Crippen LogP contribution in [-0.2, 0) is 4.79 Å². The maximum Gasteiger partial charge on any atom is 0.305 e. The molecule has 0 aromatic carbocycles. The molecule has 0 bridgehead atoms. The summed E-state index contributed by atoms with van der Waals surface area (Å²) in [5, 5.41) is 12.0. The highest BCUT2D eigenvalue weighted by Gasteiger charge is 2.35. The Balaban J connectivity index is 2.37. The third kappa shape index (κ3) is 4.74. The quantitative estimate of drug-likeness (QED) is 0.587. The van der Waals surface area contributed by atoms with Gasteiger partial charge in [-0.3, -0.25) is 9.59 Å². The molecular weight excluding hydrogens is 371 g/mol. The lowest BCUT2D eigenvalue weighted by Gasteiger charge is -2.41. The van der Waals surface area contributed by atoms with Gasteiger partial charge in [-0.1, -0.05) is 13.2 Å². The molecule has 1 unspecified atom stereocenters. The zero-order valence-electron chi connectivity index (χ0n) is 15.5. The SMILES string of the molecule is C=CN(CCC(=O)O)N(C)C(CC(=C)F)N1CCOc2ncnc(N)c2C1=O. The molecule has 1 aliphatic heterocycles. The minimum Gasteiger partial charge on any atom is -0.481 e. The summed E-state index contributed by atoms with van der Waals surface area (Å²) in [6, 6.07) is 0. The molecule has 1 atom stereocenters. The Kier molecular flexibility index (Phi) is 6.88. The van der Waals surface area contributed by atoms with E-state index in [2.05, 4.69) is 23.1 Å². The van der Waals surface area contributed by atoms with Crippen LogP contribution in [0.1, 0.15) is 23.2 Å². The lowest BCUT2D eigenvalue weighted by atomic mass is 10.2. The molecule has 1 aromatic heterocycles. The van der Waals surface area contributed by atoms with E-state index in [1.165, 1.54) is 27.4 Å². The second-order valence-corrected chi connectivity index (χ2v) is 6.05. The number of nitrogens with two attached hydrogens (primary N) is 1. The van der Waals surface area contributed by atoms with Crippen molar-refractivity contribution in [2.75, 3.05) is 32.5 Å². The Morgan fingerprint density at radius 2 is 2.29 bits per heavy atom. The van der Waals surface area contributed by atoms with Crippen molar-refractivity contribution in [3.63, 3.8) is 0 Å². The van der Waals surface area contributed by atoms with Crippen molar-refractivity contribution in [3.05, 3.63) is 37.1 Å². The van der Waals surface area contributed by atoms with Gasteiger partial charge in [0, 0.05) is 26.2 Å². The number of hydrogen-bond acceptors (Lipinski definition) is 8. The van der Waals surface area contributed by atoms with E-state index in [1.54, 1.807) is 7.05 Å². The van der Waals surface area contributed by atoms with Crippen molar-refractivity contribution in [3.8, 4) is 5.88 Å². The molecule has 152 valence electrons. The van der Waals surface area contributed by atoms with Crippen LogP contribution in [0.15, 0.2) is 31.5 Å². The number of hydrazine groups is 1. The predicted octanol–water partition coefficient (Wildman–Crippen LogP) is 0.860. The van der Waals surface area contributed by atoms with E-state index in [-0.39, 0.29) is 49.8 Å². The summed E-state index contributed by atoms with van der Waals surface area (Å²) in [6.07, 6.45) is 1.39. The van der Waals surface area contributed by atoms with Gasteiger partial charge in [0.05, 0.1) is 18.8 Å². The van der Waals surface area contributed by atoms with Gasteiger partial charge in [-0.15, -0.1) is 0 Å². The number of carboxylic acids is 1. The first-order valence-corrected chi connectivity index (χ1v) is 8.47. The number of rotatable bonds is 9. The molecule has 11 heteroatoms. The molecule has 1 aliphatic rings. The number of ether oxygens (including phenoxy) is 1. The van der Waals surface area contributed by atoms with Crippen molar-refractivity contribution in [2.24, 2.45) is 0 Å². The Labute approximate surface area is 161 Å². The summed E-state index contributed by atoms with van der Waals surface area (Å²) >= 11 is 0. The minimum absolute atomic E-state index is 0.00133. The van der Waals surface area contributed by atoms with E-state index < -0.39 is 23.9 Å². The Bertz CT molecular complexity index is 774. The molecule has 28 heavy (non-hydrogen) atoms. The molecule has 2 rings (SSSR count). The molecule has 0 aliphatic carbocycles. The monoisotopic (exact) mass is 394 g/mol. The minimum atomic E-state index is -0.996. The van der Waals surface area contributed by atoms with Gasteiger partial charge in [0.25, 0.3) is 5.91 Å². The highest BCUT2D eigenvalue weighted by atomic mass is 19.1. The van der Waals surface area contributed by atoms with E-state index in [9.17, 15) is 14.0 Å². The topological polar surface area (TPSA) is 125 Å². The van der Waals surface area contributed by atoms with Gasteiger partial charge in [0.1, 0.15) is 30.5 Å². The first kappa shape index (κ1) is 21.1. The van der Waals surface area contributed by atoms with Crippen molar-refractivity contribution in [1.82, 2.24) is 24.9 Å². The van der Waals surface area contributed by atoms with Gasteiger partial charge in [0.15, 0.2) is 0 Å². The Hall–Kier alpha value is -3.21. The number of carbonyl (C=O) groups is 2. The van der Waals surface area contributed by atoms with Crippen LogP contribution in [0.2, 0.25) is 0 Å². The van der Waals surface area contributed by atoms with Crippen LogP contribution >= 0.6 is 0 Å². The number of amides is 1. The molecule has 1 amide bonds. The Morgan fingerprint density at radius 3 is 2.89 bits per heavy atom. The lowest BCUT2D eigenvalue weighted by Crippen LogP contribution is -2.55. The van der Waals surface area contributed by atoms with Gasteiger partial charge in [0.2, 0.25) is 5.88 Å². The number of aromatic nitrogens is 2. The highest BCUT2D eigenvalue weighted by molar-refractivity contribution is 6.00. The fraction of sp³-hybridized carbons (Fsp3) is 0.412. The van der Waals surface area contributed by atoms with Crippen LogP contribution in [0.25, 0.3) is 0 Å². The first-order chi connectivity index (χ1) is 13.3. The largest absolute Gasteiger partial charge is 0.481 e. The molecular formula is C17H23FN6O4. The van der Waals surface area contributed by atoms with Crippen molar-refractivity contribution < 1.29 is 23.8 Å². The number of hydrogen-bond donors (Lipinski definition) is 2. The molecule has 0 spiro atoms. The van der Waals surface area contributed by atoms with Crippen LogP contribution in [0, 0.1) is 0 Å². The summed E-state index contributed by atoms with van der Waals surface area (Å²) in [4.78, 5) is 33.2. The maximum absolute atomic E-state index is 13.8. The number of nitrogen functional groups attached to an aromatic ring is 1. The second-order valence-electron chi connectivity index (χ2n) is 6.05. The van der Waals surface area contributed by atoms with Crippen LogP contribution in [0.3, 0.4) is 0 Å². The second kappa shape index (κ2) is 9.13. The van der Waals surface area contributed by atoms with Gasteiger partial charge in [-0.05, 0) is 0 Å². The third-order valence-corrected chi connectivity index (χ3v) is 4.25. The van der Waals surface area contributed by atoms with Gasteiger partial charge in [-0.25, -0.2) is 19.4 Å². The fourth-order valence-corrected chi connectivity index (χ4v) is 2.86. The zero-order valence-corrected chi connectivity index (χ0v) is 15.5. The molecule has 0 saturated heterocycles.